The molecular formula is C38H47N2O12P. The van der Waals surface area contributed by atoms with Crippen molar-refractivity contribution in [2.45, 2.75) is 90.1 Å². The van der Waals surface area contributed by atoms with Crippen molar-refractivity contribution in [1.82, 2.24) is 5.32 Å². The van der Waals surface area contributed by atoms with Gasteiger partial charge in [0.15, 0.2) is 0 Å². The number of anilines is 1. The minimum absolute atomic E-state index is 0.00763. The lowest BCUT2D eigenvalue weighted by Crippen LogP contribution is -2.41. The zero-order valence-corrected chi connectivity index (χ0v) is 30.6. The molecule has 1 heterocycles. The molecule has 15 heteroatoms. The molecule has 14 nitrogen and oxygen atoms in total. The number of carboxylic acids is 3. The maximum Gasteiger partial charge on any atom is 0.328 e. The van der Waals surface area contributed by atoms with Gasteiger partial charge in [0, 0.05) is 36.8 Å². The number of hydrogen-bond acceptors (Lipinski definition) is 8. The maximum atomic E-state index is 13.4. The summed E-state index contributed by atoms with van der Waals surface area (Å²) in [5.74, 6) is -0.987. The van der Waals surface area contributed by atoms with E-state index in [-0.39, 0.29) is 57.5 Å². The second-order valence-electron chi connectivity index (χ2n) is 13.0. The number of rotatable bonds is 23. The van der Waals surface area contributed by atoms with Crippen LogP contribution in [0.25, 0.3) is 0 Å². The Labute approximate surface area is 308 Å². The number of benzene rings is 2. The molecule has 0 radical (unpaired) electrons. The molecule has 0 saturated heterocycles. The highest BCUT2D eigenvalue weighted by molar-refractivity contribution is 7.52. The van der Waals surface area contributed by atoms with Crippen molar-refractivity contribution < 1.29 is 58.1 Å². The fourth-order valence-electron chi connectivity index (χ4n) is 5.93. The second-order valence-corrected chi connectivity index (χ2v) is 14.9. The van der Waals surface area contributed by atoms with Crippen LogP contribution in [-0.4, -0.2) is 74.5 Å². The Morgan fingerprint density at radius 1 is 0.811 bits per heavy atom. The van der Waals surface area contributed by atoms with E-state index in [4.69, 9.17) is 4.52 Å². The smallest absolute Gasteiger partial charge is 0.328 e. The molecule has 5 N–H and O–H groups in total. The Kier molecular flexibility index (Phi) is 16.9. The van der Waals surface area contributed by atoms with E-state index in [1.807, 2.05) is 48.5 Å². The third-order valence-electron chi connectivity index (χ3n) is 8.81. The first-order valence-electron chi connectivity index (χ1n) is 17.7. The summed E-state index contributed by atoms with van der Waals surface area (Å²) in [6.07, 6.45) is -0.156. The fraction of sp³-hybridized carbons (Fsp3) is 0.474. The molecule has 1 aliphatic rings. The number of carboxylic acid groups (broad SMARTS) is 3. The predicted molar refractivity (Wildman–Crippen MR) is 194 cm³/mol. The molecule has 2 amide bonds. The van der Waals surface area contributed by atoms with Crippen LogP contribution >= 0.6 is 7.60 Å². The van der Waals surface area contributed by atoms with Crippen LogP contribution in [0, 0.1) is 23.7 Å². The van der Waals surface area contributed by atoms with Gasteiger partial charge in [0.2, 0.25) is 11.8 Å². The zero-order chi connectivity index (χ0) is 39.0. The molecule has 286 valence electrons. The van der Waals surface area contributed by atoms with Crippen LogP contribution in [0.15, 0.2) is 48.5 Å². The standard InChI is InChI=1S/C38H47N2O12P/c1-2-10-30(37(46)47)25-53(50,51)52-22-9-14-28(36(44)45)23-31(41)20-21-32(38(48)49)39-34(42)16-7-8-17-35(43)40-24-29-13-4-3-11-26(29)18-19-27-12-5-6-15-33(27)40/h3-6,11-13,15,28,30,32H,2,7-10,14,16-17,20-25H2,1H3,(H,39,42)(H,44,45)(H,46,47)(H,48,49)(H,50,51)/t28?,30?,32-/m1/s1. The zero-order valence-electron chi connectivity index (χ0n) is 29.7. The monoisotopic (exact) mass is 754 g/mol. The summed E-state index contributed by atoms with van der Waals surface area (Å²) in [5.41, 5.74) is 3.17. The molecule has 1 aliphatic heterocycles. The average Bonchev–Trinajstić information content (AvgIpc) is 3.10. The van der Waals surface area contributed by atoms with E-state index in [0.717, 1.165) is 16.7 Å². The first-order chi connectivity index (χ1) is 25.2. The highest BCUT2D eigenvalue weighted by Crippen LogP contribution is 2.45. The van der Waals surface area contributed by atoms with E-state index >= 15 is 0 Å². The fourth-order valence-corrected chi connectivity index (χ4v) is 7.35. The number of ketones is 1. The summed E-state index contributed by atoms with van der Waals surface area (Å²) in [5, 5.41) is 30.8. The van der Waals surface area contributed by atoms with Gasteiger partial charge in [-0.2, -0.15) is 0 Å². The van der Waals surface area contributed by atoms with Crippen molar-refractivity contribution in [2.75, 3.05) is 17.7 Å². The number of Topliss-reactive ketones (excluding diaryl/α,β-unsaturated/α-hetero) is 1. The van der Waals surface area contributed by atoms with Crippen molar-refractivity contribution in [1.29, 1.82) is 0 Å². The van der Waals surface area contributed by atoms with Crippen LogP contribution in [0.4, 0.5) is 5.69 Å². The van der Waals surface area contributed by atoms with Gasteiger partial charge in [0.05, 0.1) is 36.8 Å². The summed E-state index contributed by atoms with van der Waals surface area (Å²) in [4.78, 5) is 85.2. The lowest BCUT2D eigenvalue weighted by Gasteiger charge is -2.26. The van der Waals surface area contributed by atoms with Crippen LogP contribution < -0.4 is 10.2 Å². The highest BCUT2D eigenvalue weighted by atomic mass is 31.2. The normalized spacial score (nSPS) is 14.7. The van der Waals surface area contributed by atoms with Crippen molar-refractivity contribution in [3.63, 3.8) is 0 Å². The summed E-state index contributed by atoms with van der Waals surface area (Å²) < 4.78 is 17.3. The van der Waals surface area contributed by atoms with Gasteiger partial charge in [0.25, 0.3) is 0 Å². The van der Waals surface area contributed by atoms with E-state index in [9.17, 15) is 53.5 Å². The van der Waals surface area contributed by atoms with Crippen LogP contribution in [0.2, 0.25) is 0 Å². The van der Waals surface area contributed by atoms with Gasteiger partial charge in [-0.3, -0.25) is 28.5 Å². The number of unbranched alkanes of at least 4 members (excludes halogenated alkanes) is 1. The van der Waals surface area contributed by atoms with Crippen molar-refractivity contribution >= 4 is 48.8 Å². The quantitative estimate of drug-likeness (QED) is 0.0575. The van der Waals surface area contributed by atoms with E-state index in [2.05, 4.69) is 17.2 Å². The Morgan fingerprint density at radius 2 is 1.45 bits per heavy atom. The van der Waals surface area contributed by atoms with Gasteiger partial charge in [0.1, 0.15) is 11.8 Å². The number of amides is 2. The summed E-state index contributed by atoms with van der Waals surface area (Å²) in [7, 11) is -4.24. The highest BCUT2D eigenvalue weighted by Gasteiger charge is 2.30. The first kappa shape index (κ1) is 42.6. The third kappa shape index (κ3) is 14.3. The topological polar surface area (TPSA) is 225 Å². The molecule has 3 unspecified atom stereocenters. The van der Waals surface area contributed by atoms with Gasteiger partial charge in [-0.15, -0.1) is 0 Å². The third-order valence-corrected chi connectivity index (χ3v) is 10.3. The molecule has 0 aliphatic carbocycles. The summed E-state index contributed by atoms with van der Waals surface area (Å²) in [6, 6.07) is 13.6. The molecule has 4 atom stereocenters. The van der Waals surface area contributed by atoms with Gasteiger partial charge < -0.3 is 35.0 Å². The number of nitrogens with one attached hydrogen (secondary N) is 1. The predicted octanol–water partition coefficient (Wildman–Crippen LogP) is 4.99. The number of carbonyl (C=O) groups excluding carboxylic acids is 3. The van der Waals surface area contributed by atoms with E-state index in [1.54, 1.807) is 11.8 Å². The van der Waals surface area contributed by atoms with Crippen molar-refractivity contribution in [3.05, 3.63) is 65.2 Å². The molecule has 0 saturated carbocycles. The number of fused-ring (bicyclic) bond motifs is 2. The van der Waals surface area contributed by atoms with Crippen LogP contribution in [-0.2, 0) is 44.4 Å². The molecule has 2 aromatic carbocycles. The number of nitrogens with zero attached hydrogens (tertiary/aromatic N) is 1. The molecule has 0 aromatic heterocycles. The molecule has 0 fully saturated rings. The van der Waals surface area contributed by atoms with Gasteiger partial charge in [-0.1, -0.05) is 55.5 Å². The van der Waals surface area contributed by atoms with Crippen molar-refractivity contribution in [3.8, 4) is 11.8 Å². The SMILES string of the molecule is CCCC(CP(=O)(O)OCCCC(CC(=O)CC[C@@H](NC(=O)CCCCC(=O)N1Cc2ccccc2C#Cc2ccccc21)C(=O)O)C(=O)O)C(=O)O. The lowest BCUT2D eigenvalue weighted by atomic mass is 9.94. The van der Waals surface area contributed by atoms with Crippen LogP contribution in [0.1, 0.15) is 94.2 Å². The Balaban J connectivity index is 1.42. The Bertz CT molecular complexity index is 1750. The largest absolute Gasteiger partial charge is 0.481 e. The number of carbonyl (C=O) groups is 6. The second kappa shape index (κ2) is 21.0. The molecule has 0 bridgehead atoms. The van der Waals surface area contributed by atoms with Crippen LogP contribution in [0.3, 0.4) is 0 Å². The minimum Gasteiger partial charge on any atom is -0.481 e. The maximum absolute atomic E-state index is 13.4. The Hall–Kier alpha value is -4.83. The van der Waals surface area contributed by atoms with E-state index < -0.39 is 67.7 Å². The number of para-hydroxylation sites is 1. The minimum atomic E-state index is -4.24. The number of hydrogen-bond donors (Lipinski definition) is 5. The average molecular weight is 755 g/mol. The molecule has 53 heavy (non-hydrogen) atoms. The summed E-state index contributed by atoms with van der Waals surface area (Å²) in [6.45, 7) is 1.76. The summed E-state index contributed by atoms with van der Waals surface area (Å²) >= 11 is 0. The van der Waals surface area contributed by atoms with Gasteiger partial charge in [-0.05, 0) is 62.3 Å². The van der Waals surface area contributed by atoms with E-state index in [1.165, 1.54) is 0 Å². The number of aliphatic carboxylic acids is 3. The molecule has 3 rings (SSSR count). The first-order valence-corrected chi connectivity index (χ1v) is 19.4. The van der Waals surface area contributed by atoms with Crippen LogP contribution in [0.5, 0.6) is 0 Å². The van der Waals surface area contributed by atoms with Crippen molar-refractivity contribution in [2.24, 2.45) is 11.8 Å². The van der Waals surface area contributed by atoms with Gasteiger partial charge >= 0.3 is 25.5 Å². The lowest BCUT2D eigenvalue weighted by molar-refractivity contribution is -0.144. The molecule has 0 spiro atoms. The Morgan fingerprint density at radius 3 is 2.13 bits per heavy atom. The molecule has 2 aromatic rings. The molecular weight excluding hydrogens is 707 g/mol. The van der Waals surface area contributed by atoms with E-state index in [0.29, 0.717) is 31.5 Å². The van der Waals surface area contributed by atoms with Gasteiger partial charge in [-0.25, -0.2) is 4.79 Å².